The Balaban J connectivity index is 1.59. The standard InChI is InChI=1S/C21H22N2O2/c24-21(25)15-23-19-9-5-4-8-17(19)18-14-22(13-11-20(18)23)12-10-16-6-2-1-3-7-16/h1-9H,10-15H2,(H,24,25). The number of hydrogen-bond acceptors (Lipinski definition) is 2. The van der Waals surface area contributed by atoms with E-state index >= 15 is 0 Å². The highest BCUT2D eigenvalue weighted by molar-refractivity contribution is 5.87. The highest BCUT2D eigenvalue weighted by atomic mass is 16.4. The molecule has 1 aromatic heterocycles. The van der Waals surface area contributed by atoms with Crippen LogP contribution in [0.2, 0.25) is 0 Å². The lowest BCUT2D eigenvalue weighted by Crippen LogP contribution is -2.33. The lowest BCUT2D eigenvalue weighted by molar-refractivity contribution is -0.137. The van der Waals surface area contributed by atoms with E-state index in [-0.39, 0.29) is 6.54 Å². The zero-order valence-electron chi connectivity index (χ0n) is 14.2. The summed E-state index contributed by atoms with van der Waals surface area (Å²) < 4.78 is 1.99. The molecule has 0 fully saturated rings. The molecule has 2 aromatic carbocycles. The molecular formula is C21H22N2O2. The summed E-state index contributed by atoms with van der Waals surface area (Å²) in [7, 11) is 0. The number of aromatic nitrogens is 1. The van der Waals surface area contributed by atoms with Gasteiger partial charge in [0, 0.05) is 42.7 Å². The molecule has 0 spiro atoms. The van der Waals surface area contributed by atoms with Crippen LogP contribution in [0.15, 0.2) is 54.6 Å². The maximum absolute atomic E-state index is 11.3. The smallest absolute Gasteiger partial charge is 0.323 e. The number of hydrogen-bond donors (Lipinski definition) is 1. The average molecular weight is 334 g/mol. The summed E-state index contributed by atoms with van der Waals surface area (Å²) in [4.78, 5) is 13.8. The molecule has 2 heterocycles. The summed E-state index contributed by atoms with van der Waals surface area (Å²) in [6.07, 6.45) is 1.95. The molecule has 4 heteroatoms. The quantitative estimate of drug-likeness (QED) is 0.778. The van der Waals surface area contributed by atoms with E-state index in [4.69, 9.17) is 0 Å². The first-order valence-corrected chi connectivity index (χ1v) is 8.79. The number of aliphatic carboxylic acids is 1. The van der Waals surface area contributed by atoms with Gasteiger partial charge in [0.15, 0.2) is 0 Å². The molecule has 0 atom stereocenters. The van der Waals surface area contributed by atoms with Gasteiger partial charge in [-0.3, -0.25) is 9.69 Å². The molecule has 1 aliphatic rings. The molecule has 0 aliphatic carbocycles. The van der Waals surface area contributed by atoms with Crippen LogP contribution in [0.5, 0.6) is 0 Å². The van der Waals surface area contributed by atoms with Gasteiger partial charge in [0.2, 0.25) is 0 Å². The zero-order valence-corrected chi connectivity index (χ0v) is 14.2. The summed E-state index contributed by atoms with van der Waals surface area (Å²) >= 11 is 0. The molecule has 128 valence electrons. The molecule has 4 nitrogen and oxygen atoms in total. The molecule has 1 N–H and O–H groups in total. The van der Waals surface area contributed by atoms with Crippen molar-refractivity contribution < 1.29 is 9.90 Å². The number of nitrogens with zero attached hydrogens (tertiary/aromatic N) is 2. The topological polar surface area (TPSA) is 45.5 Å². The maximum Gasteiger partial charge on any atom is 0.323 e. The SMILES string of the molecule is O=C(O)Cn1c2c(c3ccccc31)CN(CCc1ccccc1)CC2. The Labute approximate surface area is 147 Å². The van der Waals surface area contributed by atoms with Crippen molar-refractivity contribution in [1.82, 2.24) is 9.47 Å². The van der Waals surface area contributed by atoms with Crippen LogP contribution < -0.4 is 0 Å². The average Bonchev–Trinajstić information content (AvgIpc) is 2.94. The van der Waals surface area contributed by atoms with E-state index in [9.17, 15) is 9.90 Å². The number of rotatable bonds is 5. The minimum absolute atomic E-state index is 0.0415. The van der Waals surface area contributed by atoms with Crippen molar-refractivity contribution in [3.63, 3.8) is 0 Å². The second kappa shape index (κ2) is 6.73. The van der Waals surface area contributed by atoms with Crippen LogP contribution in [-0.2, 0) is 30.7 Å². The van der Waals surface area contributed by atoms with Crippen molar-refractivity contribution in [2.75, 3.05) is 13.1 Å². The summed E-state index contributed by atoms with van der Waals surface area (Å²) in [5.41, 5.74) is 4.90. The molecule has 0 saturated heterocycles. The van der Waals surface area contributed by atoms with Gasteiger partial charge < -0.3 is 9.67 Å². The number of carbonyl (C=O) groups is 1. The van der Waals surface area contributed by atoms with Gasteiger partial charge in [-0.1, -0.05) is 48.5 Å². The lowest BCUT2D eigenvalue weighted by Gasteiger charge is -2.28. The van der Waals surface area contributed by atoms with Gasteiger partial charge in [-0.2, -0.15) is 0 Å². The second-order valence-electron chi connectivity index (χ2n) is 6.68. The van der Waals surface area contributed by atoms with Crippen LogP contribution in [0.25, 0.3) is 10.9 Å². The van der Waals surface area contributed by atoms with Gasteiger partial charge in [0.05, 0.1) is 0 Å². The summed E-state index contributed by atoms with van der Waals surface area (Å²) in [6.45, 7) is 2.95. The Morgan fingerprint density at radius 2 is 1.80 bits per heavy atom. The minimum atomic E-state index is -0.782. The van der Waals surface area contributed by atoms with E-state index in [0.717, 1.165) is 38.0 Å². The molecule has 0 unspecified atom stereocenters. The second-order valence-corrected chi connectivity index (χ2v) is 6.68. The van der Waals surface area contributed by atoms with Crippen molar-refractivity contribution in [3.8, 4) is 0 Å². The number of carboxylic acid groups (broad SMARTS) is 1. The molecular weight excluding hydrogens is 312 g/mol. The first kappa shape index (κ1) is 15.9. The normalized spacial score (nSPS) is 14.6. The highest BCUT2D eigenvalue weighted by Crippen LogP contribution is 2.31. The highest BCUT2D eigenvalue weighted by Gasteiger charge is 2.24. The molecule has 4 rings (SSSR count). The van der Waals surface area contributed by atoms with Crippen LogP contribution in [0.4, 0.5) is 0 Å². The molecule has 3 aromatic rings. The van der Waals surface area contributed by atoms with Gasteiger partial charge in [-0.15, -0.1) is 0 Å². The summed E-state index contributed by atoms with van der Waals surface area (Å²) in [5.74, 6) is -0.782. The third-order valence-corrected chi connectivity index (χ3v) is 5.09. The van der Waals surface area contributed by atoms with E-state index < -0.39 is 5.97 Å². The summed E-state index contributed by atoms with van der Waals surface area (Å²) in [6, 6.07) is 18.7. The van der Waals surface area contributed by atoms with E-state index in [1.54, 1.807) is 0 Å². The number of benzene rings is 2. The predicted molar refractivity (Wildman–Crippen MR) is 98.7 cm³/mol. The van der Waals surface area contributed by atoms with Gasteiger partial charge in [-0.25, -0.2) is 0 Å². The van der Waals surface area contributed by atoms with E-state index in [0.29, 0.717) is 0 Å². The van der Waals surface area contributed by atoms with Gasteiger partial charge in [-0.05, 0) is 23.6 Å². The van der Waals surface area contributed by atoms with E-state index in [1.807, 2.05) is 28.8 Å². The number of fused-ring (bicyclic) bond motifs is 3. The Bertz CT molecular complexity index is 899. The Morgan fingerprint density at radius 1 is 1.04 bits per heavy atom. The molecule has 0 saturated carbocycles. The van der Waals surface area contributed by atoms with Crippen molar-refractivity contribution in [2.45, 2.75) is 25.9 Å². The van der Waals surface area contributed by atoms with E-state index in [1.165, 1.54) is 22.2 Å². The lowest BCUT2D eigenvalue weighted by atomic mass is 10.0. The number of para-hydroxylation sites is 1. The zero-order chi connectivity index (χ0) is 17.2. The molecule has 25 heavy (non-hydrogen) atoms. The first-order chi connectivity index (χ1) is 12.2. The maximum atomic E-state index is 11.3. The van der Waals surface area contributed by atoms with Crippen molar-refractivity contribution >= 4 is 16.9 Å². The third-order valence-electron chi connectivity index (χ3n) is 5.09. The fourth-order valence-electron chi connectivity index (χ4n) is 3.90. The fraction of sp³-hybridized carbons (Fsp3) is 0.286. The van der Waals surface area contributed by atoms with Crippen LogP contribution >= 0.6 is 0 Å². The number of carboxylic acids is 1. The van der Waals surface area contributed by atoms with Crippen molar-refractivity contribution in [1.29, 1.82) is 0 Å². The predicted octanol–water partition coefficient (Wildman–Crippen LogP) is 3.33. The molecule has 1 aliphatic heterocycles. The van der Waals surface area contributed by atoms with Crippen LogP contribution in [0.1, 0.15) is 16.8 Å². The Morgan fingerprint density at radius 3 is 2.60 bits per heavy atom. The Kier molecular flexibility index (Phi) is 4.28. The third kappa shape index (κ3) is 3.17. The summed E-state index contributed by atoms with van der Waals surface area (Å²) in [5, 5.41) is 10.5. The largest absolute Gasteiger partial charge is 0.480 e. The van der Waals surface area contributed by atoms with Crippen LogP contribution in [0.3, 0.4) is 0 Å². The fourth-order valence-corrected chi connectivity index (χ4v) is 3.90. The Hall–Kier alpha value is -2.59. The van der Waals surface area contributed by atoms with E-state index in [2.05, 4.69) is 35.2 Å². The van der Waals surface area contributed by atoms with Crippen LogP contribution in [-0.4, -0.2) is 33.6 Å². The first-order valence-electron chi connectivity index (χ1n) is 8.79. The van der Waals surface area contributed by atoms with Gasteiger partial charge >= 0.3 is 5.97 Å². The van der Waals surface area contributed by atoms with Crippen molar-refractivity contribution in [2.24, 2.45) is 0 Å². The van der Waals surface area contributed by atoms with Gasteiger partial charge in [0.25, 0.3) is 0 Å². The van der Waals surface area contributed by atoms with Crippen LogP contribution in [0, 0.1) is 0 Å². The van der Waals surface area contributed by atoms with Gasteiger partial charge in [0.1, 0.15) is 6.54 Å². The molecule has 0 radical (unpaired) electrons. The van der Waals surface area contributed by atoms with Crippen molar-refractivity contribution in [3.05, 3.63) is 71.4 Å². The molecule has 0 amide bonds. The minimum Gasteiger partial charge on any atom is -0.480 e. The molecule has 0 bridgehead atoms. The monoisotopic (exact) mass is 334 g/mol.